The van der Waals surface area contributed by atoms with Gasteiger partial charge in [0.15, 0.2) is 0 Å². The highest BCUT2D eigenvalue weighted by molar-refractivity contribution is 6.21. The minimum Gasteiger partial charge on any atom is -0.491 e. The first-order chi connectivity index (χ1) is 12.1. The Balaban J connectivity index is 1.85. The van der Waals surface area contributed by atoms with E-state index in [4.69, 9.17) is 14.2 Å². The second-order valence-corrected chi connectivity index (χ2v) is 5.85. The average molecular weight is 342 g/mol. The summed E-state index contributed by atoms with van der Waals surface area (Å²) in [6.07, 6.45) is 1.87. The molecule has 0 spiro atoms. The normalized spacial score (nSPS) is 16.4. The number of halogens is 1. The van der Waals surface area contributed by atoms with Gasteiger partial charge in [0.1, 0.15) is 24.3 Å². The monoisotopic (exact) mass is 342 g/mol. The van der Waals surface area contributed by atoms with Crippen molar-refractivity contribution < 1.29 is 23.4 Å². The molecule has 5 heteroatoms. The van der Waals surface area contributed by atoms with E-state index in [9.17, 15) is 9.18 Å². The Morgan fingerprint density at radius 2 is 2.00 bits per heavy atom. The van der Waals surface area contributed by atoms with Crippen LogP contribution in [0.2, 0.25) is 0 Å². The lowest BCUT2D eigenvalue weighted by atomic mass is 10.0. The lowest BCUT2D eigenvalue weighted by molar-refractivity contribution is -0.133. The summed E-state index contributed by atoms with van der Waals surface area (Å²) in [7, 11) is 1.33. The molecule has 0 N–H and O–H groups in total. The Bertz CT molecular complexity index is 792. The van der Waals surface area contributed by atoms with E-state index in [1.54, 1.807) is 49.4 Å². The van der Waals surface area contributed by atoms with E-state index in [0.29, 0.717) is 29.1 Å². The van der Waals surface area contributed by atoms with Crippen LogP contribution in [-0.4, -0.2) is 32.4 Å². The third-order valence-corrected chi connectivity index (χ3v) is 3.90. The maximum Gasteiger partial charge on any atom is 0.338 e. The van der Waals surface area contributed by atoms with Crippen molar-refractivity contribution in [2.45, 2.75) is 13.0 Å². The van der Waals surface area contributed by atoms with E-state index >= 15 is 0 Å². The highest BCUT2D eigenvalue weighted by atomic mass is 19.1. The Morgan fingerprint density at radius 1 is 1.28 bits per heavy atom. The zero-order valence-electron chi connectivity index (χ0n) is 14.1. The number of epoxide rings is 1. The minimum absolute atomic E-state index is 0.187. The lowest BCUT2D eigenvalue weighted by Crippen LogP contribution is -2.05. The van der Waals surface area contributed by atoms with Crippen LogP contribution in [0.1, 0.15) is 16.7 Å². The van der Waals surface area contributed by atoms with Crippen LogP contribution >= 0.6 is 0 Å². The van der Waals surface area contributed by atoms with Crippen molar-refractivity contribution in [3.63, 3.8) is 0 Å². The number of carbonyl (C=O) groups excluding carboxylic acids is 1. The SMILES string of the molecule is COC(=O)/C(=C/c1ccc(F)c(C)c1)c1ccc(OCC2CO2)cc1. The van der Waals surface area contributed by atoms with E-state index < -0.39 is 5.97 Å². The first-order valence-corrected chi connectivity index (χ1v) is 7.98. The fourth-order valence-electron chi connectivity index (χ4n) is 2.38. The van der Waals surface area contributed by atoms with Gasteiger partial charge < -0.3 is 14.2 Å². The number of carbonyl (C=O) groups is 1. The van der Waals surface area contributed by atoms with Crippen LogP contribution in [0.4, 0.5) is 4.39 Å². The van der Waals surface area contributed by atoms with Crippen LogP contribution in [-0.2, 0) is 14.3 Å². The van der Waals surface area contributed by atoms with Crippen molar-refractivity contribution in [1.82, 2.24) is 0 Å². The van der Waals surface area contributed by atoms with Crippen molar-refractivity contribution in [1.29, 1.82) is 0 Å². The Hall–Kier alpha value is -2.66. The average Bonchev–Trinajstić information content (AvgIpc) is 3.45. The van der Waals surface area contributed by atoms with Crippen molar-refractivity contribution >= 4 is 17.6 Å². The van der Waals surface area contributed by atoms with Crippen LogP contribution in [0, 0.1) is 12.7 Å². The largest absolute Gasteiger partial charge is 0.491 e. The molecule has 0 aliphatic carbocycles. The quantitative estimate of drug-likeness (QED) is 0.348. The summed E-state index contributed by atoms with van der Waals surface area (Å²) in [5, 5.41) is 0. The molecule has 1 fully saturated rings. The molecular formula is C20H19FO4. The van der Waals surface area contributed by atoms with Gasteiger partial charge in [-0.15, -0.1) is 0 Å². The Labute approximate surface area is 145 Å². The summed E-state index contributed by atoms with van der Waals surface area (Å²) in [6, 6.07) is 11.9. The predicted octanol–water partition coefficient (Wildman–Crippen LogP) is 3.63. The van der Waals surface area contributed by atoms with E-state index in [2.05, 4.69) is 0 Å². The minimum atomic E-state index is -0.456. The van der Waals surface area contributed by atoms with Gasteiger partial charge in [0.05, 0.1) is 19.3 Å². The molecule has 1 heterocycles. The first-order valence-electron chi connectivity index (χ1n) is 7.98. The van der Waals surface area contributed by atoms with Crippen molar-refractivity contribution in [2.24, 2.45) is 0 Å². The number of ether oxygens (including phenoxy) is 3. The lowest BCUT2D eigenvalue weighted by Gasteiger charge is -2.09. The van der Waals surface area contributed by atoms with Crippen LogP contribution in [0.25, 0.3) is 11.6 Å². The maximum atomic E-state index is 13.4. The topological polar surface area (TPSA) is 48.1 Å². The summed E-state index contributed by atoms with van der Waals surface area (Å²) in [5.41, 5.74) is 2.34. The number of rotatable bonds is 6. The van der Waals surface area contributed by atoms with Gasteiger partial charge in [-0.1, -0.05) is 18.2 Å². The van der Waals surface area contributed by atoms with Gasteiger partial charge in [-0.3, -0.25) is 0 Å². The molecule has 25 heavy (non-hydrogen) atoms. The number of hydrogen-bond donors (Lipinski definition) is 0. The summed E-state index contributed by atoms with van der Waals surface area (Å²) in [6.45, 7) is 2.94. The number of aryl methyl sites for hydroxylation is 1. The number of esters is 1. The molecule has 1 aliphatic heterocycles. The Morgan fingerprint density at radius 3 is 2.60 bits per heavy atom. The van der Waals surface area contributed by atoms with Gasteiger partial charge >= 0.3 is 5.97 Å². The molecule has 130 valence electrons. The highest BCUT2D eigenvalue weighted by Gasteiger charge is 2.23. The van der Waals surface area contributed by atoms with E-state index in [1.165, 1.54) is 13.2 Å². The molecule has 4 nitrogen and oxygen atoms in total. The van der Waals surface area contributed by atoms with Gasteiger partial charge in [0.25, 0.3) is 0 Å². The fraction of sp³-hybridized carbons (Fsp3) is 0.250. The maximum absolute atomic E-state index is 13.4. The molecular weight excluding hydrogens is 323 g/mol. The second kappa shape index (κ2) is 7.49. The summed E-state index contributed by atoms with van der Waals surface area (Å²) in [4.78, 5) is 12.2. The molecule has 1 saturated heterocycles. The van der Waals surface area contributed by atoms with Gasteiger partial charge in [-0.05, 0) is 54.0 Å². The zero-order chi connectivity index (χ0) is 17.8. The molecule has 2 aromatic carbocycles. The number of benzene rings is 2. The smallest absolute Gasteiger partial charge is 0.338 e. The fourth-order valence-corrected chi connectivity index (χ4v) is 2.38. The third kappa shape index (κ3) is 4.45. The van der Waals surface area contributed by atoms with Gasteiger partial charge in [0, 0.05) is 0 Å². The van der Waals surface area contributed by atoms with Crippen molar-refractivity contribution in [2.75, 3.05) is 20.3 Å². The molecule has 0 amide bonds. The van der Waals surface area contributed by atoms with Gasteiger partial charge in [-0.25, -0.2) is 9.18 Å². The van der Waals surface area contributed by atoms with Gasteiger partial charge in [0.2, 0.25) is 0 Å². The molecule has 1 atom stereocenters. The summed E-state index contributed by atoms with van der Waals surface area (Å²) < 4.78 is 29.0. The molecule has 0 aromatic heterocycles. The van der Waals surface area contributed by atoms with E-state index in [0.717, 1.165) is 12.2 Å². The molecule has 1 aliphatic rings. The first kappa shape index (κ1) is 17.2. The van der Waals surface area contributed by atoms with Crippen LogP contribution in [0.15, 0.2) is 42.5 Å². The molecule has 3 rings (SSSR count). The van der Waals surface area contributed by atoms with E-state index in [1.807, 2.05) is 0 Å². The van der Waals surface area contributed by atoms with Gasteiger partial charge in [-0.2, -0.15) is 0 Å². The number of hydrogen-bond acceptors (Lipinski definition) is 4. The highest BCUT2D eigenvalue weighted by Crippen LogP contribution is 2.24. The predicted molar refractivity (Wildman–Crippen MR) is 92.7 cm³/mol. The number of methoxy groups -OCH3 is 1. The van der Waals surface area contributed by atoms with Crippen LogP contribution < -0.4 is 4.74 Å². The standard InChI is InChI=1S/C20H19FO4/c1-13-9-14(3-8-19(13)21)10-18(20(22)23-2)15-4-6-16(7-5-15)24-11-17-12-25-17/h3-10,17H,11-12H2,1-2H3/b18-10+. The van der Waals surface area contributed by atoms with E-state index in [-0.39, 0.29) is 11.9 Å². The van der Waals surface area contributed by atoms with Crippen molar-refractivity contribution in [3.05, 3.63) is 65.0 Å². The summed E-state index contributed by atoms with van der Waals surface area (Å²) >= 11 is 0. The van der Waals surface area contributed by atoms with Crippen LogP contribution in [0.5, 0.6) is 5.75 Å². The van der Waals surface area contributed by atoms with Crippen LogP contribution in [0.3, 0.4) is 0 Å². The summed E-state index contributed by atoms with van der Waals surface area (Å²) in [5.74, 6) is -0.0268. The molecule has 0 radical (unpaired) electrons. The molecule has 1 unspecified atom stereocenters. The third-order valence-electron chi connectivity index (χ3n) is 3.90. The second-order valence-electron chi connectivity index (χ2n) is 5.85. The zero-order valence-corrected chi connectivity index (χ0v) is 14.1. The van der Waals surface area contributed by atoms with Crippen molar-refractivity contribution in [3.8, 4) is 5.75 Å². The molecule has 0 bridgehead atoms. The Kier molecular flexibility index (Phi) is 5.14. The molecule has 0 saturated carbocycles. The molecule has 2 aromatic rings.